The van der Waals surface area contributed by atoms with Crippen molar-refractivity contribution in [2.45, 2.75) is 6.92 Å². The maximum Gasteiger partial charge on any atom is 0.267 e. The van der Waals surface area contributed by atoms with Gasteiger partial charge in [-0.05, 0) is 36.1 Å². The van der Waals surface area contributed by atoms with E-state index < -0.39 is 0 Å². The standard InChI is InChI=1S/C15H12FNO2S/c1-10-4-5-12(9-13(10)16)17-15(19)14-11(3-2-7-18)6-8-20-14/h4-6,8-9,18H,7H2,1H3,(H,17,19). The lowest BCUT2D eigenvalue weighted by atomic mass is 10.2. The molecule has 2 aromatic rings. The van der Waals surface area contributed by atoms with Gasteiger partial charge in [0.2, 0.25) is 0 Å². The van der Waals surface area contributed by atoms with Gasteiger partial charge in [0.1, 0.15) is 17.3 Å². The smallest absolute Gasteiger partial charge is 0.267 e. The molecule has 0 bridgehead atoms. The second kappa shape index (κ2) is 6.33. The first kappa shape index (κ1) is 14.3. The van der Waals surface area contributed by atoms with E-state index in [1.807, 2.05) is 0 Å². The van der Waals surface area contributed by atoms with Crippen LogP contribution < -0.4 is 5.32 Å². The van der Waals surface area contributed by atoms with Crippen LogP contribution in [0, 0.1) is 24.6 Å². The van der Waals surface area contributed by atoms with Gasteiger partial charge in [-0.1, -0.05) is 17.9 Å². The highest BCUT2D eigenvalue weighted by molar-refractivity contribution is 7.12. The number of rotatable bonds is 2. The molecule has 1 aromatic carbocycles. The fraction of sp³-hybridized carbons (Fsp3) is 0.133. The maximum atomic E-state index is 13.4. The summed E-state index contributed by atoms with van der Waals surface area (Å²) in [5.41, 5.74) is 1.47. The number of anilines is 1. The summed E-state index contributed by atoms with van der Waals surface area (Å²) >= 11 is 1.24. The molecule has 0 spiro atoms. The molecule has 0 saturated carbocycles. The molecule has 2 rings (SSSR count). The largest absolute Gasteiger partial charge is 0.384 e. The predicted octanol–water partition coefficient (Wildman–Crippen LogP) is 2.79. The topological polar surface area (TPSA) is 49.3 Å². The summed E-state index contributed by atoms with van der Waals surface area (Å²) < 4.78 is 13.4. The molecule has 0 unspecified atom stereocenters. The van der Waals surface area contributed by atoms with Gasteiger partial charge in [-0.25, -0.2) is 4.39 Å². The monoisotopic (exact) mass is 289 g/mol. The second-order valence-electron chi connectivity index (χ2n) is 4.04. The molecular formula is C15H12FNO2S. The molecule has 0 aliphatic rings. The van der Waals surface area contributed by atoms with Crippen molar-refractivity contribution in [3.8, 4) is 11.8 Å². The Bertz CT molecular complexity index is 697. The molecule has 3 nitrogen and oxygen atoms in total. The van der Waals surface area contributed by atoms with Crippen molar-refractivity contribution < 1.29 is 14.3 Å². The third-order valence-electron chi connectivity index (χ3n) is 2.60. The molecule has 2 N–H and O–H groups in total. The van der Waals surface area contributed by atoms with E-state index in [1.165, 1.54) is 17.4 Å². The molecule has 102 valence electrons. The van der Waals surface area contributed by atoms with Crippen LogP contribution in [-0.4, -0.2) is 17.6 Å². The number of aryl methyl sites for hydroxylation is 1. The summed E-state index contributed by atoms with van der Waals surface area (Å²) in [5.74, 6) is 4.50. The normalized spacial score (nSPS) is 9.75. The zero-order chi connectivity index (χ0) is 14.5. The molecule has 0 aliphatic carbocycles. The van der Waals surface area contributed by atoms with Gasteiger partial charge in [-0.3, -0.25) is 4.79 Å². The van der Waals surface area contributed by atoms with Gasteiger partial charge in [0.05, 0.1) is 0 Å². The fourth-order valence-corrected chi connectivity index (χ4v) is 2.32. The van der Waals surface area contributed by atoms with E-state index in [4.69, 9.17) is 5.11 Å². The number of hydrogen-bond acceptors (Lipinski definition) is 3. The summed E-state index contributed by atoms with van der Waals surface area (Å²) in [6.07, 6.45) is 0. The van der Waals surface area contributed by atoms with Gasteiger partial charge < -0.3 is 10.4 Å². The summed E-state index contributed by atoms with van der Waals surface area (Å²) in [6, 6.07) is 6.23. The second-order valence-corrected chi connectivity index (χ2v) is 4.96. The Morgan fingerprint density at radius 2 is 2.25 bits per heavy atom. The Labute approximate surface area is 120 Å². The quantitative estimate of drug-likeness (QED) is 0.835. The van der Waals surface area contributed by atoms with Crippen molar-refractivity contribution in [2.75, 3.05) is 11.9 Å². The Morgan fingerprint density at radius 3 is 2.95 bits per heavy atom. The number of nitrogens with one attached hydrogen (secondary N) is 1. The first-order valence-electron chi connectivity index (χ1n) is 5.86. The Hall–Kier alpha value is -2.16. The molecule has 1 heterocycles. The van der Waals surface area contributed by atoms with Crippen LogP contribution in [0.4, 0.5) is 10.1 Å². The van der Waals surface area contributed by atoms with E-state index in [9.17, 15) is 9.18 Å². The molecule has 0 aliphatic heterocycles. The summed E-state index contributed by atoms with van der Waals surface area (Å²) in [5, 5.41) is 13.0. The Balaban J connectivity index is 2.20. The lowest BCUT2D eigenvalue weighted by molar-refractivity contribution is 0.103. The average molecular weight is 289 g/mol. The number of carbonyl (C=O) groups is 1. The molecule has 0 atom stereocenters. The summed E-state index contributed by atoms with van der Waals surface area (Å²) in [7, 11) is 0. The number of amides is 1. The molecule has 20 heavy (non-hydrogen) atoms. The lowest BCUT2D eigenvalue weighted by Gasteiger charge is -2.05. The zero-order valence-electron chi connectivity index (χ0n) is 10.7. The van der Waals surface area contributed by atoms with Gasteiger partial charge in [-0.15, -0.1) is 11.3 Å². The van der Waals surface area contributed by atoms with E-state index in [0.717, 1.165) is 0 Å². The minimum absolute atomic E-state index is 0.264. The molecule has 0 saturated heterocycles. The van der Waals surface area contributed by atoms with Gasteiger partial charge in [-0.2, -0.15) is 0 Å². The van der Waals surface area contributed by atoms with Crippen LogP contribution in [0.2, 0.25) is 0 Å². The van der Waals surface area contributed by atoms with Crippen molar-refractivity contribution in [3.05, 3.63) is 51.5 Å². The first-order chi connectivity index (χ1) is 9.61. The van der Waals surface area contributed by atoms with Crippen LogP contribution in [-0.2, 0) is 0 Å². The zero-order valence-corrected chi connectivity index (χ0v) is 11.6. The molecule has 1 aromatic heterocycles. The van der Waals surface area contributed by atoms with E-state index in [2.05, 4.69) is 17.2 Å². The predicted molar refractivity (Wildman–Crippen MR) is 77.4 cm³/mol. The first-order valence-corrected chi connectivity index (χ1v) is 6.74. The fourth-order valence-electron chi connectivity index (χ4n) is 1.58. The molecule has 5 heteroatoms. The number of halogens is 1. The number of carbonyl (C=O) groups excluding carboxylic acids is 1. The Morgan fingerprint density at radius 1 is 1.45 bits per heavy atom. The van der Waals surface area contributed by atoms with Crippen molar-refractivity contribution >= 4 is 22.9 Å². The van der Waals surface area contributed by atoms with Gasteiger partial charge in [0.25, 0.3) is 5.91 Å². The Kier molecular flexibility index (Phi) is 4.51. The third-order valence-corrected chi connectivity index (χ3v) is 3.52. The number of thiophene rings is 1. The van der Waals surface area contributed by atoms with Crippen molar-refractivity contribution in [1.29, 1.82) is 0 Å². The number of aliphatic hydroxyl groups is 1. The minimum Gasteiger partial charge on any atom is -0.384 e. The van der Waals surface area contributed by atoms with E-state index in [-0.39, 0.29) is 18.3 Å². The minimum atomic E-state index is -0.366. The van der Waals surface area contributed by atoms with E-state index in [1.54, 1.807) is 30.5 Å². The van der Waals surface area contributed by atoms with Gasteiger partial charge in [0.15, 0.2) is 0 Å². The highest BCUT2D eigenvalue weighted by Crippen LogP contribution is 2.19. The number of benzene rings is 1. The average Bonchev–Trinajstić information content (AvgIpc) is 2.89. The lowest BCUT2D eigenvalue weighted by Crippen LogP contribution is -2.11. The van der Waals surface area contributed by atoms with Crippen LogP contribution >= 0.6 is 11.3 Å². The number of hydrogen-bond donors (Lipinski definition) is 2. The SMILES string of the molecule is Cc1ccc(NC(=O)c2sccc2C#CCO)cc1F. The van der Waals surface area contributed by atoms with Crippen molar-refractivity contribution in [2.24, 2.45) is 0 Å². The molecule has 1 amide bonds. The van der Waals surface area contributed by atoms with E-state index in [0.29, 0.717) is 21.7 Å². The highest BCUT2D eigenvalue weighted by Gasteiger charge is 2.12. The van der Waals surface area contributed by atoms with Crippen molar-refractivity contribution in [1.82, 2.24) is 0 Å². The van der Waals surface area contributed by atoms with Gasteiger partial charge >= 0.3 is 0 Å². The maximum absolute atomic E-state index is 13.4. The summed E-state index contributed by atoms with van der Waals surface area (Å²) in [6.45, 7) is 1.39. The molecule has 0 fully saturated rings. The highest BCUT2D eigenvalue weighted by atomic mass is 32.1. The van der Waals surface area contributed by atoms with Crippen LogP contribution in [0.15, 0.2) is 29.6 Å². The van der Waals surface area contributed by atoms with Crippen LogP contribution in [0.3, 0.4) is 0 Å². The van der Waals surface area contributed by atoms with Crippen LogP contribution in [0.1, 0.15) is 20.8 Å². The van der Waals surface area contributed by atoms with Crippen molar-refractivity contribution in [3.63, 3.8) is 0 Å². The van der Waals surface area contributed by atoms with E-state index >= 15 is 0 Å². The number of aliphatic hydroxyl groups excluding tert-OH is 1. The third kappa shape index (κ3) is 3.23. The van der Waals surface area contributed by atoms with Gasteiger partial charge in [0, 0.05) is 11.3 Å². The molecule has 0 radical (unpaired) electrons. The van der Waals surface area contributed by atoms with Crippen LogP contribution in [0.25, 0.3) is 0 Å². The molecular weight excluding hydrogens is 277 g/mol. The van der Waals surface area contributed by atoms with Crippen LogP contribution in [0.5, 0.6) is 0 Å². The summed E-state index contributed by atoms with van der Waals surface area (Å²) in [4.78, 5) is 12.5.